The molecule has 0 aliphatic heterocycles. The Kier molecular flexibility index (Phi) is 6.18. The highest BCUT2D eigenvalue weighted by Gasteiger charge is 2.26. The van der Waals surface area contributed by atoms with E-state index in [2.05, 4.69) is 11.8 Å². The van der Waals surface area contributed by atoms with E-state index < -0.39 is 16.2 Å². The highest BCUT2D eigenvalue weighted by atomic mass is 32.2. The molecule has 0 aromatic rings. The van der Waals surface area contributed by atoms with Crippen LogP contribution in [0.3, 0.4) is 0 Å². The summed E-state index contributed by atoms with van der Waals surface area (Å²) in [6.07, 6.45) is 12.0. The van der Waals surface area contributed by atoms with Crippen molar-refractivity contribution in [2.24, 2.45) is 11.8 Å². The van der Waals surface area contributed by atoms with Crippen LogP contribution in [0.15, 0.2) is 0 Å². The summed E-state index contributed by atoms with van der Waals surface area (Å²) in [6.45, 7) is 3.94. The van der Waals surface area contributed by atoms with E-state index in [9.17, 15) is 8.42 Å². The maximum absolute atomic E-state index is 11.0. The minimum Gasteiger partial charge on any atom is -0.254 e. The smallest absolute Gasteiger partial charge is 0.254 e. The van der Waals surface area contributed by atoms with Gasteiger partial charge in [-0.1, -0.05) is 19.8 Å². The molecule has 0 rings (SSSR count). The molecule has 16 heavy (non-hydrogen) atoms. The van der Waals surface area contributed by atoms with E-state index in [0.29, 0.717) is 12.8 Å². The van der Waals surface area contributed by atoms with Crippen molar-refractivity contribution in [1.29, 1.82) is 0 Å². The molecule has 2 atom stereocenters. The summed E-state index contributed by atoms with van der Waals surface area (Å²) in [5, 5.41) is 0. The average molecular weight is 242 g/mol. The predicted octanol–water partition coefficient (Wildman–Crippen LogP) is 1.65. The Morgan fingerprint density at radius 1 is 1.31 bits per heavy atom. The van der Waals surface area contributed by atoms with E-state index in [-0.39, 0.29) is 11.8 Å². The SMILES string of the molecule is C#CCC[C@H](C(C)C)[C@H](C#C)OS(C)(=O)=O. The molecule has 4 heteroatoms. The van der Waals surface area contributed by atoms with Gasteiger partial charge in [-0.15, -0.1) is 18.8 Å². The lowest BCUT2D eigenvalue weighted by molar-refractivity contribution is 0.154. The zero-order valence-corrected chi connectivity index (χ0v) is 10.8. The van der Waals surface area contributed by atoms with E-state index >= 15 is 0 Å². The fourth-order valence-electron chi connectivity index (χ4n) is 1.50. The summed E-state index contributed by atoms with van der Waals surface area (Å²) in [6, 6.07) is 0. The fraction of sp³-hybridized carbons (Fsp3) is 0.667. The second-order valence-electron chi connectivity index (χ2n) is 4.04. The van der Waals surface area contributed by atoms with Crippen molar-refractivity contribution >= 4 is 10.1 Å². The van der Waals surface area contributed by atoms with Crippen LogP contribution in [0.25, 0.3) is 0 Å². The molecule has 0 aromatic carbocycles. The first-order valence-electron chi connectivity index (χ1n) is 5.09. The van der Waals surface area contributed by atoms with Crippen LogP contribution in [0, 0.1) is 36.5 Å². The molecule has 0 aromatic heterocycles. The van der Waals surface area contributed by atoms with Crippen molar-refractivity contribution in [3.63, 3.8) is 0 Å². The lowest BCUT2D eigenvalue weighted by Crippen LogP contribution is -2.29. The van der Waals surface area contributed by atoms with Crippen molar-refractivity contribution in [1.82, 2.24) is 0 Å². The third-order valence-electron chi connectivity index (χ3n) is 2.31. The topological polar surface area (TPSA) is 43.4 Å². The van der Waals surface area contributed by atoms with Gasteiger partial charge in [-0.3, -0.25) is 4.18 Å². The van der Waals surface area contributed by atoms with Gasteiger partial charge in [-0.25, -0.2) is 0 Å². The van der Waals surface area contributed by atoms with E-state index in [1.165, 1.54) is 0 Å². The Morgan fingerprint density at radius 2 is 1.88 bits per heavy atom. The Labute approximate surface area is 98.7 Å². The zero-order chi connectivity index (χ0) is 12.8. The molecular formula is C12H18O3S. The molecule has 0 saturated carbocycles. The molecule has 0 radical (unpaired) electrons. The Morgan fingerprint density at radius 3 is 2.19 bits per heavy atom. The van der Waals surface area contributed by atoms with Gasteiger partial charge in [0, 0.05) is 12.3 Å². The van der Waals surface area contributed by atoms with Crippen molar-refractivity contribution < 1.29 is 12.6 Å². The van der Waals surface area contributed by atoms with Crippen LogP contribution in [-0.4, -0.2) is 20.8 Å². The Hall–Kier alpha value is -0.970. The van der Waals surface area contributed by atoms with Gasteiger partial charge in [-0.05, 0) is 12.3 Å². The molecule has 90 valence electrons. The van der Waals surface area contributed by atoms with Gasteiger partial charge >= 0.3 is 0 Å². The van der Waals surface area contributed by atoms with Gasteiger partial charge in [0.1, 0.15) is 6.10 Å². The molecule has 0 saturated heterocycles. The molecule has 0 fully saturated rings. The first kappa shape index (κ1) is 15.0. The third kappa shape index (κ3) is 5.80. The number of rotatable bonds is 6. The van der Waals surface area contributed by atoms with Gasteiger partial charge in [0.15, 0.2) is 0 Å². The minimum atomic E-state index is -3.53. The Balaban J connectivity index is 4.75. The first-order valence-corrected chi connectivity index (χ1v) is 6.91. The normalized spacial score (nSPS) is 15.1. The van der Waals surface area contributed by atoms with Crippen LogP contribution >= 0.6 is 0 Å². The van der Waals surface area contributed by atoms with Crippen LogP contribution in [0.5, 0.6) is 0 Å². The number of terminal acetylenes is 2. The Bertz CT molecular complexity index is 381. The van der Waals surface area contributed by atoms with Crippen LogP contribution in [0.4, 0.5) is 0 Å². The highest BCUT2D eigenvalue weighted by Crippen LogP contribution is 2.24. The summed E-state index contributed by atoms with van der Waals surface area (Å²) in [4.78, 5) is 0. The largest absolute Gasteiger partial charge is 0.265 e. The minimum absolute atomic E-state index is 0.0456. The third-order valence-corrected chi connectivity index (χ3v) is 2.87. The van der Waals surface area contributed by atoms with Crippen molar-refractivity contribution in [3.8, 4) is 24.7 Å². The van der Waals surface area contributed by atoms with Gasteiger partial charge in [-0.2, -0.15) is 8.42 Å². The fourth-order valence-corrected chi connectivity index (χ4v) is 2.07. The van der Waals surface area contributed by atoms with Gasteiger partial charge < -0.3 is 0 Å². The zero-order valence-electron chi connectivity index (χ0n) is 9.93. The molecule has 0 bridgehead atoms. The number of hydrogen-bond acceptors (Lipinski definition) is 3. The van der Waals surface area contributed by atoms with Crippen molar-refractivity contribution in [2.75, 3.05) is 6.26 Å². The second-order valence-corrected chi connectivity index (χ2v) is 5.64. The molecule has 3 nitrogen and oxygen atoms in total. The summed E-state index contributed by atoms with van der Waals surface area (Å²) in [5.74, 6) is 5.07. The molecule has 0 heterocycles. The molecule has 0 aliphatic carbocycles. The molecule has 0 unspecified atom stereocenters. The van der Waals surface area contributed by atoms with Crippen molar-refractivity contribution in [2.45, 2.75) is 32.8 Å². The average Bonchev–Trinajstić information content (AvgIpc) is 2.14. The van der Waals surface area contributed by atoms with Crippen molar-refractivity contribution in [3.05, 3.63) is 0 Å². The molecule has 0 amide bonds. The van der Waals surface area contributed by atoms with Gasteiger partial charge in [0.2, 0.25) is 0 Å². The first-order chi connectivity index (χ1) is 7.31. The number of hydrogen-bond donors (Lipinski definition) is 0. The monoisotopic (exact) mass is 242 g/mol. The molecule has 0 aliphatic rings. The molecule has 0 N–H and O–H groups in total. The standard InChI is InChI=1S/C12H18O3S/c1-6-8-9-11(10(3)4)12(7-2)15-16(5,13)14/h1-2,10-12H,8-9H2,3-5H3/t11-,12+/m1/s1. The second kappa shape index (κ2) is 6.58. The maximum atomic E-state index is 11.0. The van der Waals surface area contributed by atoms with E-state index in [1.54, 1.807) is 0 Å². The van der Waals surface area contributed by atoms with Crippen LogP contribution in [-0.2, 0) is 14.3 Å². The van der Waals surface area contributed by atoms with Crippen LogP contribution in [0.1, 0.15) is 26.7 Å². The van der Waals surface area contributed by atoms with E-state index in [4.69, 9.17) is 17.0 Å². The maximum Gasteiger partial charge on any atom is 0.265 e. The molecule has 0 spiro atoms. The lowest BCUT2D eigenvalue weighted by atomic mass is 9.86. The van der Waals surface area contributed by atoms with Crippen LogP contribution < -0.4 is 0 Å². The summed E-state index contributed by atoms with van der Waals surface area (Å²) in [7, 11) is -3.53. The molecular weight excluding hydrogens is 224 g/mol. The van der Waals surface area contributed by atoms with Gasteiger partial charge in [0.05, 0.1) is 6.26 Å². The van der Waals surface area contributed by atoms with E-state index in [1.807, 2.05) is 13.8 Å². The predicted molar refractivity (Wildman–Crippen MR) is 64.9 cm³/mol. The lowest BCUT2D eigenvalue weighted by Gasteiger charge is -2.25. The summed E-state index contributed by atoms with van der Waals surface area (Å²) >= 11 is 0. The van der Waals surface area contributed by atoms with Gasteiger partial charge in [0.25, 0.3) is 10.1 Å². The summed E-state index contributed by atoms with van der Waals surface area (Å²) < 4.78 is 27.0. The quantitative estimate of drug-likeness (QED) is 0.525. The highest BCUT2D eigenvalue weighted by molar-refractivity contribution is 7.86. The van der Waals surface area contributed by atoms with Crippen LogP contribution in [0.2, 0.25) is 0 Å². The summed E-state index contributed by atoms with van der Waals surface area (Å²) in [5.41, 5.74) is 0. The van der Waals surface area contributed by atoms with E-state index in [0.717, 1.165) is 6.26 Å².